The van der Waals surface area contributed by atoms with Crippen molar-refractivity contribution in [3.05, 3.63) is 437 Å². The molecule has 0 atom stereocenters. The first-order valence-corrected chi connectivity index (χ1v) is 45.4. The van der Waals surface area contributed by atoms with Gasteiger partial charge in [-0.15, -0.1) is 0 Å². The van der Waals surface area contributed by atoms with Crippen LogP contribution in [0.15, 0.2) is 450 Å². The van der Waals surface area contributed by atoms with Crippen LogP contribution in [-0.2, 0) is 0 Å². The molecule has 0 aliphatic heterocycles. The summed E-state index contributed by atoms with van der Waals surface area (Å²) in [5.41, 5.74) is 28.6. The van der Waals surface area contributed by atoms with Crippen LogP contribution in [0.4, 0.5) is 0 Å². The van der Waals surface area contributed by atoms with E-state index < -0.39 is 0 Å². The molecule has 12 aromatic heterocycles. The van der Waals surface area contributed by atoms with E-state index in [0.717, 1.165) is 237 Å². The third kappa shape index (κ3) is 12.5. The molecule has 17 aromatic carbocycles. The minimum Gasteiger partial charge on any atom is -0.454 e. The quantitative estimate of drug-likeness (QED) is 0.127. The lowest BCUT2D eigenvalue weighted by atomic mass is 10.0. The van der Waals surface area contributed by atoms with Crippen LogP contribution in [0, 0.1) is 0 Å². The van der Waals surface area contributed by atoms with Gasteiger partial charge in [0.15, 0.2) is 28.4 Å². The van der Waals surface area contributed by atoms with E-state index in [4.69, 9.17) is 58.1 Å². The molecule has 0 N–H and O–H groups in total. The van der Waals surface area contributed by atoms with Crippen molar-refractivity contribution in [2.45, 2.75) is 0 Å². The van der Waals surface area contributed by atoms with E-state index in [-0.39, 0.29) is 0 Å². The van der Waals surface area contributed by atoms with Crippen molar-refractivity contribution in [2.24, 2.45) is 0 Å². The molecule has 634 valence electrons. The second kappa shape index (κ2) is 31.6. The van der Waals surface area contributed by atoms with E-state index in [1.165, 1.54) is 16.2 Å². The maximum Gasteiger partial charge on any atom is 0.235 e. The first-order valence-electron chi connectivity index (χ1n) is 45.4. The van der Waals surface area contributed by atoms with Crippen LogP contribution >= 0.6 is 0 Å². The van der Waals surface area contributed by atoms with Crippen LogP contribution in [0.1, 0.15) is 0 Å². The highest BCUT2D eigenvalue weighted by Gasteiger charge is 2.30. The molecule has 12 heterocycles. The zero-order chi connectivity index (χ0) is 89.4. The fourth-order valence-electron chi connectivity index (χ4n) is 20.4. The molecule has 0 saturated carbocycles. The SMILES string of the molecule is c1ccc(-c2cc(-c3ccc(-n4c5ccccc5c5c6cccnc6c6oc7ccccc7c6c54)cc3)nc(-c3ccccc3)n2)cc1.c1ccc(-c2cc(-c3cccc(-n4c5ccccc5c5c6cccnc6c6oc7ccccc7c6c54)c3)nc(-c3ccccc3)n2)cc1.c1ccc(-c2nc(-n3c4ccccc4c4c5cccnc5c5oc6ccccc6c5c43)nc3ccccc23)cc1. The van der Waals surface area contributed by atoms with Crippen molar-refractivity contribution in [1.82, 2.24) is 58.6 Å². The van der Waals surface area contributed by atoms with E-state index in [1.54, 1.807) is 0 Å². The summed E-state index contributed by atoms with van der Waals surface area (Å²) in [6, 6.07) is 144. The van der Waals surface area contributed by atoms with Gasteiger partial charge < -0.3 is 22.4 Å². The number of hydrogen-bond donors (Lipinski definition) is 0. The van der Waals surface area contributed by atoms with Crippen LogP contribution in [-0.4, -0.2) is 58.6 Å². The Morgan fingerprint density at radius 3 is 0.956 bits per heavy atom. The highest BCUT2D eigenvalue weighted by atomic mass is 16.3. The maximum absolute atomic E-state index is 6.57. The maximum atomic E-state index is 6.57. The molecule has 0 radical (unpaired) electrons. The van der Waals surface area contributed by atoms with Crippen LogP contribution in [0.2, 0.25) is 0 Å². The Morgan fingerprint density at radius 1 is 0.199 bits per heavy atom. The van der Waals surface area contributed by atoms with E-state index >= 15 is 0 Å². The minimum absolute atomic E-state index is 0.624. The van der Waals surface area contributed by atoms with Crippen LogP contribution in [0.25, 0.3) is 271 Å². The fraction of sp³-hybridized carbons (Fsp3) is 0. The fourth-order valence-corrected chi connectivity index (χ4v) is 20.4. The molecule has 0 amide bonds. The first-order chi connectivity index (χ1) is 67.5. The highest BCUT2D eigenvalue weighted by molar-refractivity contribution is 6.38. The Balaban J connectivity index is 0.000000104. The summed E-state index contributed by atoms with van der Waals surface area (Å²) in [6.45, 7) is 0. The normalized spacial score (nSPS) is 11.8. The van der Waals surface area contributed by atoms with Crippen molar-refractivity contribution in [1.29, 1.82) is 0 Å². The number of fused-ring (bicyclic) bond motifs is 31. The molecule has 29 rings (SSSR count). The Hall–Kier alpha value is -18.7. The van der Waals surface area contributed by atoms with Gasteiger partial charge >= 0.3 is 0 Å². The molecule has 0 saturated heterocycles. The number of aromatic nitrogens is 12. The van der Waals surface area contributed by atoms with Gasteiger partial charge in [-0.2, -0.15) is 0 Å². The molecule has 0 unspecified atom stereocenters. The number of nitrogens with zero attached hydrogens (tertiary/aromatic N) is 12. The summed E-state index contributed by atoms with van der Waals surface area (Å²) in [4.78, 5) is 45.1. The number of pyridine rings is 3. The lowest BCUT2D eigenvalue weighted by Gasteiger charge is -2.13. The summed E-state index contributed by atoms with van der Waals surface area (Å²) < 4.78 is 26.6. The molecule has 29 aromatic rings. The first kappa shape index (κ1) is 77.2. The molecule has 0 fully saturated rings. The van der Waals surface area contributed by atoms with Crippen molar-refractivity contribution in [2.75, 3.05) is 0 Å². The molecule has 0 aliphatic carbocycles. The Bertz CT molecular complexity index is 9770. The predicted molar refractivity (Wildman–Crippen MR) is 552 cm³/mol. The van der Waals surface area contributed by atoms with E-state index in [2.05, 4.69) is 275 Å². The molecule has 15 nitrogen and oxygen atoms in total. The number of benzene rings is 17. The molecular weight excluding hydrogens is 1670 g/mol. The minimum atomic E-state index is 0.624. The van der Waals surface area contributed by atoms with E-state index in [9.17, 15) is 0 Å². The van der Waals surface area contributed by atoms with Crippen LogP contribution in [0.3, 0.4) is 0 Å². The molecular formula is C121H72N12O3. The molecule has 0 bridgehead atoms. The van der Waals surface area contributed by atoms with Crippen LogP contribution < -0.4 is 0 Å². The van der Waals surface area contributed by atoms with E-state index in [1.807, 2.05) is 176 Å². The second-order valence-corrected chi connectivity index (χ2v) is 34.1. The predicted octanol–water partition coefficient (Wildman–Crippen LogP) is 30.9. The van der Waals surface area contributed by atoms with Gasteiger partial charge in [-0.1, -0.05) is 322 Å². The van der Waals surface area contributed by atoms with Gasteiger partial charge in [-0.05, 0) is 97.1 Å². The average Bonchev–Trinajstić information content (AvgIpc) is 1.55. The van der Waals surface area contributed by atoms with Gasteiger partial charge in [0.2, 0.25) is 5.95 Å². The topological polar surface area (TPSA) is 170 Å². The molecule has 0 spiro atoms. The lowest BCUT2D eigenvalue weighted by molar-refractivity contribution is 0.671. The number of para-hydroxylation sites is 7. The number of hydrogen-bond acceptors (Lipinski definition) is 12. The summed E-state index contributed by atoms with van der Waals surface area (Å²) >= 11 is 0. The number of rotatable bonds is 10. The number of furan rings is 3. The third-order valence-corrected chi connectivity index (χ3v) is 26.3. The highest BCUT2D eigenvalue weighted by Crippen LogP contribution is 2.51. The van der Waals surface area contributed by atoms with Crippen molar-refractivity contribution >= 4 is 175 Å². The lowest BCUT2D eigenvalue weighted by Crippen LogP contribution is -2.03. The summed E-state index contributed by atoms with van der Waals surface area (Å²) in [7, 11) is 0. The van der Waals surface area contributed by atoms with Crippen molar-refractivity contribution in [3.8, 4) is 96.4 Å². The van der Waals surface area contributed by atoms with Gasteiger partial charge in [0.1, 0.15) is 33.3 Å². The van der Waals surface area contributed by atoms with E-state index in [0.29, 0.717) is 17.6 Å². The average molecular weight is 1740 g/mol. The van der Waals surface area contributed by atoms with Crippen molar-refractivity contribution < 1.29 is 13.3 Å². The zero-order valence-electron chi connectivity index (χ0n) is 72.7. The summed E-state index contributed by atoms with van der Waals surface area (Å²) in [5, 5.41) is 17.5. The molecule has 136 heavy (non-hydrogen) atoms. The second-order valence-electron chi connectivity index (χ2n) is 34.1. The smallest absolute Gasteiger partial charge is 0.235 e. The molecule has 15 heteroatoms. The summed E-state index contributed by atoms with van der Waals surface area (Å²) in [6.07, 6.45) is 5.52. The van der Waals surface area contributed by atoms with Gasteiger partial charge in [0, 0.05) is 139 Å². The Labute approximate surface area is 775 Å². The third-order valence-electron chi connectivity index (χ3n) is 26.3. The standard InChI is InChI=1S/2C43H26N4O.C35H20N4O/c1-3-13-27(14-4-1)34-26-35(46-43(45-34)28-15-5-2-6-16-28)29-17-11-18-30(25-29)47-36-22-9-7-19-31(36)38-33-21-12-24-44-40(33)42-39(41(38)47)32-20-8-10-23-37(32)48-42;1-3-12-27(13-4-1)34-26-35(46-43(45-34)29-14-5-2-6-15-29)28-21-23-30(24-22-28)47-36-19-9-7-16-31(36)38-33-18-11-25-44-40(33)42-39(41(38)47)32-17-8-10-20-37(32)48-42;1-2-11-21(12-3-1)31-22-13-4-7-17-26(22)37-35(38-31)39-27-18-8-5-14-23(27)29-25-16-10-20-36-32(25)34-30(33(29)39)24-15-6-9-19-28(24)40-34/h2*1-26H;1-20H. The van der Waals surface area contributed by atoms with Crippen molar-refractivity contribution in [3.63, 3.8) is 0 Å². The monoisotopic (exact) mass is 1740 g/mol. The summed E-state index contributed by atoms with van der Waals surface area (Å²) in [5.74, 6) is 2.02. The molecule has 0 aliphatic rings. The van der Waals surface area contributed by atoms with Crippen LogP contribution in [0.5, 0.6) is 0 Å². The zero-order valence-corrected chi connectivity index (χ0v) is 72.7. The Morgan fingerprint density at radius 2 is 0.522 bits per heavy atom. The largest absolute Gasteiger partial charge is 0.454 e. The van der Waals surface area contributed by atoms with Gasteiger partial charge in [-0.25, -0.2) is 29.9 Å². The Kier molecular flexibility index (Phi) is 17.9. The van der Waals surface area contributed by atoms with Gasteiger partial charge in [-0.3, -0.25) is 19.5 Å². The van der Waals surface area contributed by atoms with Gasteiger partial charge in [0.25, 0.3) is 0 Å². The van der Waals surface area contributed by atoms with Gasteiger partial charge in [0.05, 0.1) is 83.2 Å².